The van der Waals surface area contributed by atoms with Gasteiger partial charge in [-0.1, -0.05) is 30.7 Å². The van der Waals surface area contributed by atoms with Gasteiger partial charge in [0.2, 0.25) is 15.7 Å². The third-order valence-corrected chi connectivity index (χ3v) is 7.42. The molecule has 0 spiro atoms. The van der Waals surface area contributed by atoms with E-state index in [1.54, 1.807) is 36.4 Å². The van der Waals surface area contributed by atoms with Gasteiger partial charge in [0.15, 0.2) is 0 Å². The van der Waals surface area contributed by atoms with Gasteiger partial charge in [-0.25, -0.2) is 13.1 Å². The summed E-state index contributed by atoms with van der Waals surface area (Å²) >= 11 is 7.30. The van der Waals surface area contributed by atoms with Crippen LogP contribution in [0.1, 0.15) is 6.92 Å². The molecule has 0 aliphatic carbocycles. The van der Waals surface area contributed by atoms with Crippen molar-refractivity contribution in [2.24, 2.45) is 0 Å². The maximum Gasteiger partial charge on any atom is 0.246 e. The Hall–Kier alpha value is -2.69. The second kappa shape index (κ2) is 9.63. The number of methoxy groups -OCH3 is 1. The molecule has 11 heteroatoms. The Morgan fingerprint density at radius 3 is 2.52 bits per heavy atom. The van der Waals surface area contributed by atoms with E-state index in [-0.39, 0.29) is 27.2 Å². The molecule has 3 rings (SSSR count). The van der Waals surface area contributed by atoms with Gasteiger partial charge in [0.1, 0.15) is 28.0 Å². The number of nitrogens with zero attached hydrogens (tertiary/aromatic N) is 2. The number of benzene rings is 2. The fraction of sp³-hybridized carbons (Fsp3) is 0.200. The van der Waals surface area contributed by atoms with Gasteiger partial charge in [-0.15, -0.1) is 11.8 Å². The van der Waals surface area contributed by atoms with Crippen molar-refractivity contribution in [2.45, 2.75) is 28.3 Å². The highest BCUT2D eigenvalue weighted by Gasteiger charge is 2.30. The van der Waals surface area contributed by atoms with Gasteiger partial charge in [0.05, 0.1) is 22.7 Å². The van der Waals surface area contributed by atoms with Crippen LogP contribution in [0.3, 0.4) is 0 Å². The molecule has 0 atom stereocenters. The molecule has 0 saturated carbocycles. The van der Waals surface area contributed by atoms with Crippen molar-refractivity contribution in [1.29, 1.82) is 0 Å². The Morgan fingerprint density at radius 2 is 1.90 bits per heavy atom. The van der Waals surface area contributed by atoms with Crippen molar-refractivity contribution < 1.29 is 17.9 Å². The number of carbonyl (C=O) groups excluding carboxylic acids is 1. The van der Waals surface area contributed by atoms with Gasteiger partial charge in [0.25, 0.3) is 0 Å². The van der Waals surface area contributed by atoms with Crippen LogP contribution in [-0.4, -0.2) is 37.0 Å². The molecule has 0 bridgehead atoms. The summed E-state index contributed by atoms with van der Waals surface area (Å²) in [6.45, 7) is 1.60. The fourth-order valence-corrected chi connectivity index (χ4v) is 5.54. The SMILES string of the molecule is CCSc1nn(CC(=O)Nc2ccccc2Cl)c(N)c1S(=O)(=O)c1ccc(OC)cc1. The van der Waals surface area contributed by atoms with Crippen molar-refractivity contribution in [3.8, 4) is 5.75 Å². The van der Waals surface area contributed by atoms with Crippen LogP contribution in [0.2, 0.25) is 5.02 Å². The molecule has 1 heterocycles. The first-order chi connectivity index (χ1) is 14.8. The molecular weight excluding hydrogens is 460 g/mol. The van der Waals surface area contributed by atoms with Gasteiger partial charge in [0, 0.05) is 0 Å². The zero-order chi connectivity index (χ0) is 22.6. The monoisotopic (exact) mass is 480 g/mol. The molecule has 3 N–H and O–H groups in total. The number of anilines is 2. The third-order valence-electron chi connectivity index (χ3n) is 4.28. The van der Waals surface area contributed by atoms with E-state index in [4.69, 9.17) is 22.1 Å². The lowest BCUT2D eigenvalue weighted by Crippen LogP contribution is -2.21. The highest BCUT2D eigenvalue weighted by molar-refractivity contribution is 8.00. The highest BCUT2D eigenvalue weighted by atomic mass is 35.5. The Bertz CT molecular complexity index is 1190. The zero-order valence-corrected chi connectivity index (χ0v) is 19.2. The Morgan fingerprint density at radius 1 is 1.23 bits per heavy atom. The molecule has 1 amide bonds. The van der Waals surface area contributed by atoms with Crippen molar-refractivity contribution in [3.63, 3.8) is 0 Å². The summed E-state index contributed by atoms with van der Waals surface area (Å²) in [6, 6.07) is 12.8. The maximum absolute atomic E-state index is 13.3. The number of carbonyl (C=O) groups is 1. The van der Waals surface area contributed by atoms with E-state index in [9.17, 15) is 13.2 Å². The first-order valence-corrected chi connectivity index (χ1v) is 12.0. The van der Waals surface area contributed by atoms with Gasteiger partial charge < -0.3 is 15.8 Å². The molecule has 0 fully saturated rings. The van der Waals surface area contributed by atoms with Crippen LogP contribution >= 0.6 is 23.4 Å². The van der Waals surface area contributed by atoms with Crippen LogP contribution in [0, 0.1) is 0 Å². The molecule has 0 aliphatic rings. The summed E-state index contributed by atoms with van der Waals surface area (Å²) in [5, 5.41) is 7.58. The molecule has 0 aliphatic heterocycles. The van der Waals surface area contributed by atoms with Crippen LogP contribution in [0.5, 0.6) is 5.75 Å². The number of sulfone groups is 1. The van der Waals surface area contributed by atoms with Crippen LogP contribution in [0.15, 0.2) is 63.3 Å². The number of halogens is 1. The number of ether oxygens (including phenoxy) is 1. The predicted octanol–water partition coefficient (Wildman–Crippen LogP) is 3.71. The Kier molecular flexibility index (Phi) is 7.14. The first kappa shape index (κ1) is 23.0. The number of para-hydroxylation sites is 1. The van der Waals surface area contributed by atoms with E-state index in [1.165, 1.54) is 35.7 Å². The molecule has 0 saturated heterocycles. The lowest BCUT2D eigenvalue weighted by atomic mass is 10.3. The van der Waals surface area contributed by atoms with Crippen molar-refractivity contribution in [2.75, 3.05) is 23.9 Å². The fourth-order valence-electron chi connectivity index (χ4n) is 2.80. The zero-order valence-electron chi connectivity index (χ0n) is 16.8. The predicted molar refractivity (Wildman–Crippen MR) is 122 cm³/mol. The molecule has 31 heavy (non-hydrogen) atoms. The number of hydrogen-bond acceptors (Lipinski definition) is 7. The largest absolute Gasteiger partial charge is 0.497 e. The van der Waals surface area contributed by atoms with Crippen LogP contribution in [0.4, 0.5) is 11.5 Å². The van der Waals surface area contributed by atoms with E-state index in [1.807, 2.05) is 6.92 Å². The lowest BCUT2D eigenvalue weighted by Gasteiger charge is -2.09. The Labute approximate surface area is 189 Å². The van der Waals surface area contributed by atoms with Crippen LogP contribution in [0.25, 0.3) is 0 Å². The van der Waals surface area contributed by atoms with E-state index in [2.05, 4.69) is 10.4 Å². The molecule has 2 aromatic carbocycles. The lowest BCUT2D eigenvalue weighted by molar-refractivity contribution is -0.116. The summed E-state index contributed by atoms with van der Waals surface area (Å²) in [5.41, 5.74) is 6.60. The van der Waals surface area contributed by atoms with Gasteiger partial charge in [-0.3, -0.25) is 4.79 Å². The second-order valence-electron chi connectivity index (χ2n) is 6.32. The maximum atomic E-state index is 13.3. The van der Waals surface area contributed by atoms with E-state index in [0.717, 1.165) is 0 Å². The number of thioether (sulfide) groups is 1. The average Bonchev–Trinajstić information content (AvgIpc) is 3.05. The smallest absolute Gasteiger partial charge is 0.246 e. The van der Waals surface area contributed by atoms with E-state index >= 15 is 0 Å². The third kappa shape index (κ3) is 4.97. The van der Waals surface area contributed by atoms with E-state index in [0.29, 0.717) is 22.2 Å². The molecule has 8 nitrogen and oxygen atoms in total. The summed E-state index contributed by atoms with van der Waals surface area (Å²) in [7, 11) is -2.47. The number of nitrogens with one attached hydrogen (secondary N) is 1. The summed E-state index contributed by atoms with van der Waals surface area (Å²) < 4.78 is 32.8. The molecule has 0 radical (unpaired) electrons. The number of nitrogen functional groups attached to an aromatic ring is 1. The number of amides is 1. The molecule has 1 aromatic heterocycles. The van der Waals surface area contributed by atoms with Crippen LogP contribution in [-0.2, 0) is 21.2 Å². The second-order valence-corrected chi connectivity index (χ2v) is 9.86. The molecule has 164 valence electrons. The van der Waals surface area contributed by atoms with Crippen molar-refractivity contribution in [3.05, 3.63) is 53.6 Å². The van der Waals surface area contributed by atoms with Crippen LogP contribution < -0.4 is 15.8 Å². The van der Waals surface area contributed by atoms with E-state index < -0.39 is 15.7 Å². The number of rotatable bonds is 8. The normalized spacial score (nSPS) is 11.3. The number of nitrogens with two attached hydrogens (primary N) is 1. The quantitative estimate of drug-likeness (QED) is 0.472. The molecule has 3 aromatic rings. The minimum Gasteiger partial charge on any atom is -0.497 e. The summed E-state index contributed by atoms with van der Waals surface area (Å²) in [5.74, 6) is 0.555. The van der Waals surface area contributed by atoms with Gasteiger partial charge in [-0.2, -0.15) is 5.10 Å². The minimum absolute atomic E-state index is 0.0537. The van der Waals surface area contributed by atoms with Crippen molar-refractivity contribution >= 4 is 50.6 Å². The summed E-state index contributed by atoms with van der Waals surface area (Å²) in [6.07, 6.45) is 0. The van der Waals surface area contributed by atoms with Gasteiger partial charge >= 0.3 is 0 Å². The Balaban J connectivity index is 1.94. The number of aromatic nitrogens is 2. The molecule has 0 unspecified atom stereocenters. The minimum atomic E-state index is -3.97. The topological polar surface area (TPSA) is 116 Å². The average molecular weight is 481 g/mol. The van der Waals surface area contributed by atoms with Gasteiger partial charge in [-0.05, 0) is 42.2 Å². The standard InChI is InChI=1S/C20H21ClN4O4S2/c1-3-30-20-18(31(27,28)14-10-8-13(29-2)9-11-14)19(22)25(24-20)12-17(26)23-16-7-5-4-6-15(16)21/h4-11H,3,12,22H2,1-2H3,(H,23,26). The van der Waals surface area contributed by atoms with Crippen molar-refractivity contribution in [1.82, 2.24) is 9.78 Å². The first-order valence-electron chi connectivity index (χ1n) is 9.20. The molecular formula is C20H21ClN4O4S2. The highest BCUT2D eigenvalue weighted by Crippen LogP contribution is 2.35. The summed E-state index contributed by atoms with van der Waals surface area (Å²) in [4.78, 5) is 12.4. The number of hydrogen-bond donors (Lipinski definition) is 2.